The van der Waals surface area contributed by atoms with Crippen LogP contribution in [0.25, 0.3) is 0 Å². The van der Waals surface area contributed by atoms with Crippen molar-refractivity contribution in [2.45, 2.75) is 6.92 Å². The van der Waals surface area contributed by atoms with Crippen LogP contribution >= 0.6 is 0 Å². The topological polar surface area (TPSA) is 82.1 Å². The fourth-order valence-electron chi connectivity index (χ4n) is 4.10. The van der Waals surface area contributed by atoms with Crippen molar-refractivity contribution in [2.75, 3.05) is 48.4 Å². The maximum Gasteiger partial charge on any atom is 0.337 e. The SMILES string of the molecule is COc1cccc(N2CCN(c3ccc(NC(=O)c4ccccc4C)cc3C(=O)O)CC2)c1. The molecule has 170 valence electrons. The van der Waals surface area contributed by atoms with Gasteiger partial charge in [0.15, 0.2) is 0 Å². The van der Waals surface area contributed by atoms with Crippen LogP contribution in [0.15, 0.2) is 66.7 Å². The highest BCUT2D eigenvalue weighted by Crippen LogP contribution is 2.28. The molecule has 1 fully saturated rings. The summed E-state index contributed by atoms with van der Waals surface area (Å²) < 4.78 is 5.32. The average Bonchev–Trinajstić information content (AvgIpc) is 2.84. The first kappa shape index (κ1) is 22.2. The minimum absolute atomic E-state index is 0.174. The number of piperazine rings is 1. The van der Waals surface area contributed by atoms with E-state index in [1.807, 2.05) is 43.3 Å². The first-order valence-electron chi connectivity index (χ1n) is 10.8. The summed E-state index contributed by atoms with van der Waals surface area (Å²) in [6, 6.07) is 20.3. The molecule has 1 aliphatic heterocycles. The van der Waals surface area contributed by atoms with Gasteiger partial charge in [0.05, 0.1) is 18.4 Å². The summed E-state index contributed by atoms with van der Waals surface area (Å²) in [5.41, 5.74) is 3.79. The van der Waals surface area contributed by atoms with Crippen LogP contribution in [0.5, 0.6) is 5.75 Å². The number of ether oxygens (including phenoxy) is 1. The Kier molecular flexibility index (Phi) is 6.49. The Morgan fingerprint density at radius 1 is 0.879 bits per heavy atom. The quantitative estimate of drug-likeness (QED) is 0.589. The minimum atomic E-state index is -1.02. The third-order valence-electron chi connectivity index (χ3n) is 5.91. The first-order chi connectivity index (χ1) is 16.0. The number of hydrogen-bond donors (Lipinski definition) is 2. The van der Waals surface area contributed by atoms with Gasteiger partial charge in [0.1, 0.15) is 5.75 Å². The van der Waals surface area contributed by atoms with Gasteiger partial charge < -0.3 is 25.0 Å². The molecule has 1 aliphatic rings. The van der Waals surface area contributed by atoms with Gasteiger partial charge in [-0.05, 0) is 48.9 Å². The van der Waals surface area contributed by atoms with Crippen LogP contribution in [0.1, 0.15) is 26.3 Å². The van der Waals surface area contributed by atoms with Crippen LogP contribution in [0, 0.1) is 6.92 Å². The standard InChI is InChI=1S/C26H27N3O4/c1-18-6-3-4-9-22(18)25(30)27-19-10-11-24(23(16-19)26(31)32)29-14-12-28(13-15-29)20-7-5-8-21(17-20)33-2/h3-11,16-17H,12-15H2,1-2H3,(H,27,30)(H,31,32). The number of carbonyl (C=O) groups is 2. The molecule has 1 heterocycles. The average molecular weight is 446 g/mol. The third-order valence-corrected chi connectivity index (χ3v) is 5.91. The Labute approximate surface area is 193 Å². The molecule has 33 heavy (non-hydrogen) atoms. The van der Waals surface area contributed by atoms with Crippen molar-refractivity contribution in [1.29, 1.82) is 0 Å². The predicted octanol–water partition coefficient (Wildman–Crippen LogP) is 4.28. The summed E-state index contributed by atoms with van der Waals surface area (Å²) in [6.07, 6.45) is 0. The number of rotatable bonds is 6. The van der Waals surface area contributed by atoms with Crippen molar-refractivity contribution < 1.29 is 19.4 Å². The van der Waals surface area contributed by atoms with Crippen molar-refractivity contribution >= 4 is 28.9 Å². The lowest BCUT2D eigenvalue weighted by atomic mass is 10.1. The monoisotopic (exact) mass is 445 g/mol. The summed E-state index contributed by atoms with van der Waals surface area (Å²) in [4.78, 5) is 29.0. The van der Waals surface area contributed by atoms with E-state index in [0.717, 1.165) is 30.1 Å². The van der Waals surface area contributed by atoms with Crippen molar-refractivity contribution in [1.82, 2.24) is 0 Å². The molecule has 0 unspecified atom stereocenters. The molecule has 0 saturated carbocycles. The Morgan fingerprint density at radius 2 is 1.61 bits per heavy atom. The number of carboxylic acids is 1. The highest BCUT2D eigenvalue weighted by Gasteiger charge is 2.23. The number of anilines is 3. The van der Waals surface area contributed by atoms with Gasteiger partial charge in [-0.1, -0.05) is 24.3 Å². The second-order valence-electron chi connectivity index (χ2n) is 7.98. The molecule has 4 rings (SSSR count). The second kappa shape index (κ2) is 9.65. The van der Waals surface area contributed by atoms with E-state index in [2.05, 4.69) is 15.1 Å². The van der Waals surface area contributed by atoms with Crippen LogP contribution in [0.2, 0.25) is 0 Å². The number of aryl methyl sites for hydroxylation is 1. The zero-order chi connectivity index (χ0) is 23.4. The van der Waals surface area contributed by atoms with Crippen LogP contribution in [-0.2, 0) is 0 Å². The summed E-state index contributed by atoms with van der Waals surface area (Å²) in [5.74, 6) is -0.470. The van der Waals surface area contributed by atoms with Gasteiger partial charge in [-0.2, -0.15) is 0 Å². The molecule has 0 atom stereocenters. The zero-order valence-electron chi connectivity index (χ0n) is 18.7. The Morgan fingerprint density at radius 3 is 2.30 bits per heavy atom. The molecule has 3 aromatic rings. The zero-order valence-corrected chi connectivity index (χ0v) is 18.7. The Balaban J connectivity index is 1.49. The fourth-order valence-corrected chi connectivity index (χ4v) is 4.10. The molecular formula is C26H27N3O4. The molecule has 1 saturated heterocycles. The van der Waals surface area contributed by atoms with E-state index < -0.39 is 5.97 Å². The van der Waals surface area contributed by atoms with Crippen molar-refractivity contribution in [3.05, 3.63) is 83.4 Å². The summed E-state index contributed by atoms with van der Waals surface area (Å²) in [6.45, 7) is 4.76. The third kappa shape index (κ3) is 4.92. The number of nitrogens with zero attached hydrogens (tertiary/aromatic N) is 2. The number of methoxy groups -OCH3 is 1. The molecule has 3 aromatic carbocycles. The Hall–Kier alpha value is -4.00. The number of carbonyl (C=O) groups excluding carboxylic acids is 1. The molecule has 0 bridgehead atoms. The van der Waals surface area contributed by atoms with Crippen LogP contribution in [-0.4, -0.2) is 50.3 Å². The molecule has 0 radical (unpaired) electrons. The maximum atomic E-state index is 12.6. The van der Waals surface area contributed by atoms with Crippen molar-refractivity contribution in [2.24, 2.45) is 0 Å². The van der Waals surface area contributed by atoms with E-state index in [1.165, 1.54) is 6.07 Å². The van der Waals surface area contributed by atoms with Gasteiger partial charge in [0.2, 0.25) is 0 Å². The van der Waals surface area contributed by atoms with E-state index >= 15 is 0 Å². The van der Waals surface area contributed by atoms with E-state index in [0.29, 0.717) is 30.0 Å². The molecular weight excluding hydrogens is 418 g/mol. The smallest absolute Gasteiger partial charge is 0.337 e. The lowest BCUT2D eigenvalue weighted by Crippen LogP contribution is -2.47. The molecule has 0 aromatic heterocycles. The summed E-state index contributed by atoms with van der Waals surface area (Å²) in [5, 5.41) is 12.7. The highest BCUT2D eigenvalue weighted by atomic mass is 16.5. The fraction of sp³-hybridized carbons (Fsp3) is 0.231. The lowest BCUT2D eigenvalue weighted by Gasteiger charge is -2.38. The molecule has 0 spiro atoms. The summed E-state index contributed by atoms with van der Waals surface area (Å²) in [7, 11) is 1.65. The first-order valence-corrected chi connectivity index (χ1v) is 10.8. The highest BCUT2D eigenvalue weighted by molar-refractivity contribution is 6.06. The summed E-state index contributed by atoms with van der Waals surface area (Å²) >= 11 is 0. The molecule has 2 N–H and O–H groups in total. The normalized spacial score (nSPS) is 13.5. The Bertz CT molecular complexity index is 1170. The van der Waals surface area contributed by atoms with Gasteiger partial charge in [-0.15, -0.1) is 0 Å². The number of hydrogen-bond acceptors (Lipinski definition) is 5. The van der Waals surface area contributed by atoms with Gasteiger partial charge >= 0.3 is 5.97 Å². The van der Waals surface area contributed by atoms with E-state index in [-0.39, 0.29) is 11.5 Å². The van der Waals surface area contributed by atoms with E-state index in [9.17, 15) is 14.7 Å². The largest absolute Gasteiger partial charge is 0.497 e. The van der Waals surface area contributed by atoms with Gasteiger partial charge in [0.25, 0.3) is 5.91 Å². The number of benzene rings is 3. The van der Waals surface area contributed by atoms with Gasteiger partial charge in [-0.25, -0.2) is 4.79 Å². The number of aromatic carboxylic acids is 1. The van der Waals surface area contributed by atoms with E-state index in [4.69, 9.17) is 4.74 Å². The van der Waals surface area contributed by atoms with Crippen molar-refractivity contribution in [3.63, 3.8) is 0 Å². The molecule has 1 amide bonds. The van der Waals surface area contributed by atoms with Crippen molar-refractivity contribution in [3.8, 4) is 5.75 Å². The van der Waals surface area contributed by atoms with Crippen LogP contribution in [0.3, 0.4) is 0 Å². The lowest BCUT2D eigenvalue weighted by molar-refractivity contribution is 0.0697. The van der Waals surface area contributed by atoms with E-state index in [1.54, 1.807) is 31.4 Å². The van der Waals surface area contributed by atoms with Gasteiger partial charge in [0, 0.05) is 49.2 Å². The minimum Gasteiger partial charge on any atom is -0.497 e. The number of amides is 1. The van der Waals surface area contributed by atoms with Crippen LogP contribution in [0.4, 0.5) is 17.1 Å². The number of nitrogens with one attached hydrogen (secondary N) is 1. The predicted molar refractivity (Wildman–Crippen MR) is 130 cm³/mol. The molecule has 7 nitrogen and oxygen atoms in total. The maximum absolute atomic E-state index is 12.6. The number of carboxylic acid groups (broad SMARTS) is 1. The second-order valence-corrected chi connectivity index (χ2v) is 7.98. The molecule has 0 aliphatic carbocycles. The molecule has 7 heteroatoms. The van der Waals surface area contributed by atoms with Gasteiger partial charge in [-0.3, -0.25) is 4.79 Å². The van der Waals surface area contributed by atoms with Crippen LogP contribution < -0.4 is 19.9 Å².